The number of hydrogen-bond donors (Lipinski definition) is 1. The van der Waals surface area contributed by atoms with Crippen molar-refractivity contribution >= 4 is 10.1 Å². The van der Waals surface area contributed by atoms with Crippen LogP contribution in [-0.2, 0) is 23.0 Å². The van der Waals surface area contributed by atoms with E-state index in [9.17, 15) is 8.42 Å². The Bertz CT molecular complexity index is 655. The molecule has 134 valence electrons. The van der Waals surface area contributed by atoms with Gasteiger partial charge >= 0.3 is 0 Å². The van der Waals surface area contributed by atoms with Crippen molar-refractivity contribution in [1.29, 1.82) is 0 Å². The second-order valence-corrected chi connectivity index (χ2v) is 8.46. The van der Waals surface area contributed by atoms with E-state index in [0.29, 0.717) is 19.4 Å². The van der Waals surface area contributed by atoms with E-state index >= 15 is 0 Å². The second-order valence-electron chi connectivity index (χ2n) is 6.89. The minimum Gasteiger partial charge on any atom is -0.494 e. The van der Waals surface area contributed by atoms with E-state index in [-0.39, 0.29) is 5.75 Å². The highest BCUT2D eigenvalue weighted by Crippen LogP contribution is 2.28. The fraction of sp³-hybridized carbons (Fsp3) is 0.667. The van der Waals surface area contributed by atoms with Gasteiger partial charge in [-0.2, -0.15) is 8.42 Å². The van der Waals surface area contributed by atoms with Crippen LogP contribution in [0, 0.1) is 0 Å². The average molecular weight is 353 g/mol. The van der Waals surface area contributed by atoms with Crippen molar-refractivity contribution in [2.45, 2.75) is 51.0 Å². The van der Waals surface area contributed by atoms with Gasteiger partial charge in [-0.3, -0.25) is 9.45 Å². The summed E-state index contributed by atoms with van der Waals surface area (Å²) in [5, 5.41) is 0. The molecule has 0 amide bonds. The first kappa shape index (κ1) is 17.7. The second kappa shape index (κ2) is 7.85. The fourth-order valence-electron chi connectivity index (χ4n) is 3.50. The summed E-state index contributed by atoms with van der Waals surface area (Å²) in [7, 11) is -3.86. The van der Waals surface area contributed by atoms with Crippen LogP contribution < -0.4 is 4.74 Å². The highest BCUT2D eigenvalue weighted by molar-refractivity contribution is 7.85. The molecule has 1 aromatic carbocycles. The van der Waals surface area contributed by atoms with Crippen molar-refractivity contribution in [3.8, 4) is 5.75 Å². The summed E-state index contributed by atoms with van der Waals surface area (Å²) < 4.78 is 35.8. The maximum atomic E-state index is 10.7. The van der Waals surface area contributed by atoms with Gasteiger partial charge in [0.1, 0.15) is 5.75 Å². The van der Waals surface area contributed by atoms with Gasteiger partial charge in [0.25, 0.3) is 10.1 Å². The molecule has 0 radical (unpaired) electrons. The van der Waals surface area contributed by atoms with Crippen molar-refractivity contribution in [3.63, 3.8) is 0 Å². The predicted molar refractivity (Wildman–Crippen MR) is 94.2 cm³/mol. The normalized spacial score (nSPS) is 19.4. The van der Waals surface area contributed by atoms with Gasteiger partial charge in [-0.1, -0.05) is 12.5 Å². The summed E-state index contributed by atoms with van der Waals surface area (Å²) in [6.45, 7) is 2.77. The van der Waals surface area contributed by atoms with Crippen LogP contribution in [0.3, 0.4) is 0 Å². The quantitative estimate of drug-likeness (QED) is 0.603. The molecule has 1 aromatic rings. The van der Waals surface area contributed by atoms with E-state index in [0.717, 1.165) is 37.7 Å². The lowest BCUT2D eigenvalue weighted by Crippen LogP contribution is -2.41. The topological polar surface area (TPSA) is 66.8 Å². The van der Waals surface area contributed by atoms with Crippen LogP contribution >= 0.6 is 0 Å². The molecular weight excluding hydrogens is 326 g/mol. The third kappa shape index (κ3) is 4.94. The van der Waals surface area contributed by atoms with Crippen LogP contribution in [0.4, 0.5) is 0 Å². The van der Waals surface area contributed by atoms with E-state index in [1.807, 2.05) is 6.07 Å². The van der Waals surface area contributed by atoms with Crippen LogP contribution in [0.5, 0.6) is 5.75 Å². The summed E-state index contributed by atoms with van der Waals surface area (Å²) in [5.74, 6) is 0.662. The van der Waals surface area contributed by atoms with Gasteiger partial charge in [0, 0.05) is 19.1 Å². The summed E-state index contributed by atoms with van der Waals surface area (Å²) >= 11 is 0. The first-order valence-electron chi connectivity index (χ1n) is 8.95. The Morgan fingerprint density at radius 3 is 2.54 bits per heavy atom. The molecule has 24 heavy (non-hydrogen) atoms. The number of nitrogens with zero attached hydrogens (tertiary/aromatic N) is 1. The zero-order valence-electron chi connectivity index (χ0n) is 14.1. The number of ether oxygens (including phenoxy) is 1. The van der Waals surface area contributed by atoms with Gasteiger partial charge in [0.05, 0.1) is 12.4 Å². The number of benzene rings is 1. The van der Waals surface area contributed by atoms with Crippen LogP contribution in [0.25, 0.3) is 0 Å². The molecule has 1 N–H and O–H groups in total. The molecule has 0 bridgehead atoms. The Labute approximate surface area is 144 Å². The maximum absolute atomic E-state index is 10.7. The zero-order chi connectivity index (χ0) is 17.0. The van der Waals surface area contributed by atoms with Crippen LogP contribution in [0.15, 0.2) is 18.2 Å². The number of rotatable bonds is 7. The van der Waals surface area contributed by atoms with E-state index in [1.54, 1.807) is 0 Å². The molecule has 1 aliphatic heterocycles. The molecular formula is C18H27NO4S. The molecule has 1 aliphatic carbocycles. The van der Waals surface area contributed by atoms with Gasteiger partial charge in [0.15, 0.2) is 0 Å². The van der Waals surface area contributed by atoms with Crippen molar-refractivity contribution in [2.75, 3.05) is 25.4 Å². The third-order valence-electron chi connectivity index (χ3n) is 5.17. The lowest BCUT2D eigenvalue weighted by molar-refractivity contribution is 0.133. The lowest BCUT2D eigenvalue weighted by Gasteiger charge is -2.36. The average Bonchev–Trinajstić information content (AvgIpc) is 2.67. The maximum Gasteiger partial charge on any atom is 0.264 e. The third-order valence-corrected chi connectivity index (χ3v) is 5.98. The van der Waals surface area contributed by atoms with Crippen molar-refractivity contribution < 1.29 is 17.7 Å². The summed E-state index contributed by atoms with van der Waals surface area (Å²) in [5.41, 5.74) is 2.81. The molecule has 0 saturated heterocycles. The first-order chi connectivity index (χ1) is 11.5. The molecule has 0 atom stereocenters. The molecule has 1 heterocycles. The smallest absolute Gasteiger partial charge is 0.264 e. The molecule has 0 spiro atoms. The molecule has 2 aliphatic rings. The lowest BCUT2D eigenvalue weighted by atomic mass is 9.91. The fourth-order valence-corrected chi connectivity index (χ4v) is 4.07. The van der Waals surface area contributed by atoms with Crippen molar-refractivity contribution in [1.82, 2.24) is 4.90 Å². The minimum atomic E-state index is -3.86. The predicted octanol–water partition coefficient (Wildman–Crippen LogP) is 2.69. The van der Waals surface area contributed by atoms with Gasteiger partial charge in [-0.05, 0) is 61.8 Å². The molecule has 0 unspecified atom stereocenters. The van der Waals surface area contributed by atoms with Gasteiger partial charge in [-0.15, -0.1) is 0 Å². The largest absolute Gasteiger partial charge is 0.494 e. The Hall–Kier alpha value is -1.11. The van der Waals surface area contributed by atoms with Crippen molar-refractivity contribution in [3.05, 3.63) is 29.3 Å². The molecule has 6 heteroatoms. The van der Waals surface area contributed by atoms with Crippen LogP contribution in [0.1, 0.15) is 43.2 Å². The zero-order valence-corrected chi connectivity index (χ0v) is 14.9. The Morgan fingerprint density at radius 1 is 1.12 bits per heavy atom. The summed E-state index contributed by atoms with van der Waals surface area (Å²) in [6.07, 6.45) is 7.31. The standard InChI is InChI=1S/C18H27NO4S/c20-24(21,22)13-2-1-12-23-18-7-6-15-8-10-19(17-4-3-5-17)11-9-16(15)14-18/h6-7,14,17H,1-5,8-13H2,(H,20,21,22). The van der Waals surface area contributed by atoms with E-state index in [2.05, 4.69) is 17.0 Å². The van der Waals surface area contributed by atoms with Gasteiger partial charge in [0.2, 0.25) is 0 Å². The SMILES string of the molecule is O=S(=O)(O)CCCCOc1ccc2c(c1)CCN(C1CCC1)CC2. The molecule has 5 nitrogen and oxygen atoms in total. The van der Waals surface area contributed by atoms with Gasteiger partial charge < -0.3 is 4.74 Å². The monoisotopic (exact) mass is 353 g/mol. The summed E-state index contributed by atoms with van der Waals surface area (Å²) in [6, 6.07) is 7.13. The number of fused-ring (bicyclic) bond motifs is 1. The van der Waals surface area contributed by atoms with Gasteiger partial charge in [-0.25, -0.2) is 0 Å². The Morgan fingerprint density at radius 2 is 1.88 bits per heavy atom. The van der Waals surface area contributed by atoms with Crippen molar-refractivity contribution in [2.24, 2.45) is 0 Å². The van der Waals surface area contributed by atoms with Crippen LogP contribution in [-0.4, -0.2) is 49.4 Å². The highest BCUT2D eigenvalue weighted by Gasteiger charge is 2.26. The number of hydrogen-bond acceptors (Lipinski definition) is 4. The molecule has 1 saturated carbocycles. The highest BCUT2D eigenvalue weighted by atomic mass is 32.2. The summed E-state index contributed by atoms with van der Waals surface area (Å²) in [4.78, 5) is 2.64. The van der Waals surface area contributed by atoms with Crippen LogP contribution in [0.2, 0.25) is 0 Å². The van der Waals surface area contributed by atoms with E-state index in [1.165, 1.54) is 30.4 Å². The molecule has 0 aromatic heterocycles. The van der Waals surface area contributed by atoms with E-state index < -0.39 is 10.1 Å². The first-order valence-corrected chi connectivity index (χ1v) is 10.6. The number of unbranched alkanes of at least 4 members (excludes halogenated alkanes) is 1. The molecule has 1 fully saturated rings. The Kier molecular flexibility index (Phi) is 5.79. The molecule has 3 rings (SSSR count). The Balaban J connectivity index is 1.48. The minimum absolute atomic E-state index is 0.197. The van der Waals surface area contributed by atoms with E-state index in [4.69, 9.17) is 9.29 Å².